The highest BCUT2D eigenvalue weighted by atomic mass is 35.5. The van der Waals surface area contributed by atoms with E-state index >= 15 is 0 Å². The van der Waals surface area contributed by atoms with E-state index in [1.165, 1.54) is 11.8 Å². The van der Waals surface area contributed by atoms with Crippen LogP contribution in [0, 0.1) is 0 Å². The van der Waals surface area contributed by atoms with Crippen LogP contribution in [-0.2, 0) is 0 Å². The molecule has 0 saturated carbocycles. The zero-order valence-corrected chi connectivity index (χ0v) is 25.2. The Balaban J connectivity index is 0.000000216. The zero-order valence-electron chi connectivity index (χ0n) is 21.3. The Morgan fingerprint density at radius 1 is 0.718 bits per heavy atom. The Kier molecular flexibility index (Phi) is 13.1. The molecule has 0 radical (unpaired) electrons. The number of halogens is 3. The predicted octanol–water partition coefficient (Wildman–Crippen LogP) is 9.66. The predicted molar refractivity (Wildman–Crippen MR) is 166 cm³/mol. The quantitative estimate of drug-likeness (QED) is 0.0778. The van der Waals surface area contributed by atoms with Gasteiger partial charge in [0.15, 0.2) is 37.3 Å². The van der Waals surface area contributed by atoms with Gasteiger partial charge in [0.25, 0.3) is 0 Å². The fourth-order valence-corrected chi connectivity index (χ4v) is 4.94. The van der Waals surface area contributed by atoms with Crippen molar-refractivity contribution in [2.24, 2.45) is 10.2 Å². The van der Waals surface area contributed by atoms with Gasteiger partial charge in [0.05, 0.1) is 5.69 Å². The van der Waals surface area contributed by atoms with Crippen LogP contribution in [0.4, 0.5) is 28.6 Å². The van der Waals surface area contributed by atoms with Crippen LogP contribution in [-0.4, -0.2) is 31.4 Å². The lowest BCUT2D eigenvalue weighted by atomic mass is 10.3. The summed E-state index contributed by atoms with van der Waals surface area (Å²) >= 11 is 21.3. The van der Waals surface area contributed by atoms with Gasteiger partial charge in [0.2, 0.25) is 0 Å². The zero-order chi connectivity index (χ0) is 28.0. The monoisotopic (exact) mass is 620 g/mol. The van der Waals surface area contributed by atoms with Gasteiger partial charge in [-0.15, -0.1) is 5.11 Å². The molecule has 0 aliphatic heterocycles. The van der Waals surface area contributed by atoms with Gasteiger partial charge < -0.3 is 11.1 Å². The van der Waals surface area contributed by atoms with Crippen LogP contribution in [0.3, 0.4) is 0 Å². The maximum atomic E-state index is 6.08. The van der Waals surface area contributed by atoms with Crippen LogP contribution in [0.1, 0.15) is 26.7 Å². The number of benzene rings is 2. The molecule has 0 unspecified atom stereocenters. The molecule has 0 amide bonds. The van der Waals surface area contributed by atoms with Crippen LogP contribution >= 0.6 is 58.3 Å². The van der Waals surface area contributed by atoms with Crippen molar-refractivity contribution in [2.45, 2.75) is 37.0 Å². The Morgan fingerprint density at radius 3 is 1.79 bits per heavy atom. The summed E-state index contributed by atoms with van der Waals surface area (Å²) in [6, 6.07) is 19.0. The second kappa shape index (κ2) is 16.5. The summed E-state index contributed by atoms with van der Waals surface area (Å²) in [7, 11) is 0. The van der Waals surface area contributed by atoms with E-state index < -0.39 is 0 Å². The molecule has 8 nitrogen and oxygen atoms in total. The largest absolute Gasteiger partial charge is 0.393 e. The number of thioether (sulfide) groups is 2. The Bertz CT molecular complexity index is 1340. The lowest BCUT2D eigenvalue weighted by Gasteiger charge is -2.10. The molecule has 204 valence electrons. The first-order valence-electron chi connectivity index (χ1n) is 12.0. The van der Waals surface area contributed by atoms with E-state index in [0.717, 1.165) is 30.0 Å². The first-order chi connectivity index (χ1) is 18.9. The van der Waals surface area contributed by atoms with Gasteiger partial charge in [0, 0.05) is 17.2 Å². The third-order valence-electron chi connectivity index (χ3n) is 4.59. The van der Waals surface area contributed by atoms with Gasteiger partial charge in [0.1, 0.15) is 5.69 Å². The van der Waals surface area contributed by atoms with Gasteiger partial charge in [-0.3, -0.25) is 0 Å². The van der Waals surface area contributed by atoms with Gasteiger partial charge in [-0.05, 0) is 37.1 Å². The average molecular weight is 622 g/mol. The van der Waals surface area contributed by atoms with E-state index in [1.54, 1.807) is 11.8 Å². The summed E-state index contributed by atoms with van der Waals surface area (Å²) < 4.78 is 0. The molecule has 2 aromatic carbocycles. The van der Waals surface area contributed by atoms with Crippen molar-refractivity contribution >= 4 is 86.9 Å². The molecule has 4 rings (SSSR count). The molecule has 0 bridgehead atoms. The second-order valence-electron chi connectivity index (χ2n) is 7.72. The van der Waals surface area contributed by atoms with Crippen molar-refractivity contribution in [1.82, 2.24) is 19.9 Å². The molecule has 0 spiro atoms. The highest BCUT2D eigenvalue weighted by Crippen LogP contribution is 2.33. The smallest absolute Gasteiger partial charge is 0.191 e. The standard InChI is InChI=1S/C13H12Cl2N4S.C13H15ClN4S/c1-2-8-20-13-16-11(14)10(12(15)17-13)19-18-9-6-4-3-5-7-9;1-2-8-19-13-17-11(14)10(15)12(18-13)16-9-6-4-3-5-7-9/h3-7H,2,8H2,1H3;3-7H,2,8,15H2,1H3,(H,16,17,18). The van der Waals surface area contributed by atoms with Crippen molar-refractivity contribution < 1.29 is 0 Å². The number of anilines is 3. The lowest BCUT2D eigenvalue weighted by Crippen LogP contribution is -2.03. The molecule has 39 heavy (non-hydrogen) atoms. The van der Waals surface area contributed by atoms with Crippen LogP contribution in [0.15, 0.2) is 81.2 Å². The Labute approximate surface area is 251 Å². The number of azo groups is 1. The van der Waals surface area contributed by atoms with Crippen LogP contribution < -0.4 is 11.1 Å². The third-order valence-corrected chi connectivity index (χ3v) is 7.51. The number of nitrogen functional groups attached to an aromatic ring is 1. The van der Waals surface area contributed by atoms with E-state index in [2.05, 4.69) is 49.3 Å². The number of para-hydroxylation sites is 1. The molecule has 0 aliphatic carbocycles. The maximum absolute atomic E-state index is 6.08. The van der Waals surface area contributed by atoms with E-state index in [9.17, 15) is 0 Å². The molecule has 2 aromatic heterocycles. The molecule has 0 atom stereocenters. The van der Waals surface area contributed by atoms with Gasteiger partial charge in [-0.25, -0.2) is 19.9 Å². The van der Waals surface area contributed by atoms with Gasteiger partial charge in [-0.1, -0.05) is 109 Å². The summed E-state index contributed by atoms with van der Waals surface area (Å²) in [5.74, 6) is 2.41. The van der Waals surface area contributed by atoms with Crippen molar-refractivity contribution in [3.05, 3.63) is 76.1 Å². The van der Waals surface area contributed by atoms with Crippen LogP contribution in [0.5, 0.6) is 0 Å². The highest BCUT2D eigenvalue weighted by molar-refractivity contribution is 7.99. The van der Waals surface area contributed by atoms with Gasteiger partial charge in [-0.2, -0.15) is 5.11 Å². The molecular weight excluding hydrogens is 595 g/mol. The van der Waals surface area contributed by atoms with E-state index in [1.807, 2.05) is 60.7 Å². The number of hydrogen-bond acceptors (Lipinski definition) is 10. The summed E-state index contributed by atoms with van der Waals surface area (Å²) in [5.41, 5.74) is 8.18. The Hall–Kier alpha value is -2.63. The first kappa shape index (κ1) is 30.9. The van der Waals surface area contributed by atoms with Crippen molar-refractivity contribution in [3.8, 4) is 0 Å². The van der Waals surface area contributed by atoms with Crippen molar-refractivity contribution in [1.29, 1.82) is 0 Å². The van der Waals surface area contributed by atoms with E-state index in [4.69, 9.17) is 40.5 Å². The molecule has 4 aromatic rings. The lowest BCUT2D eigenvalue weighted by molar-refractivity contribution is 0.955. The minimum absolute atomic E-state index is 0.211. The first-order valence-corrected chi connectivity index (χ1v) is 15.1. The number of nitrogens with zero attached hydrogens (tertiary/aromatic N) is 6. The topological polar surface area (TPSA) is 114 Å². The summed E-state index contributed by atoms with van der Waals surface area (Å²) in [4.78, 5) is 16.9. The minimum atomic E-state index is 0.211. The minimum Gasteiger partial charge on any atom is -0.393 e. The fraction of sp³-hybridized carbons (Fsp3) is 0.231. The number of aromatic nitrogens is 4. The summed E-state index contributed by atoms with van der Waals surface area (Å²) in [6.07, 6.45) is 2.08. The van der Waals surface area contributed by atoms with Crippen molar-refractivity contribution in [3.63, 3.8) is 0 Å². The molecule has 0 fully saturated rings. The molecular formula is C26H27Cl3N8S2. The summed E-state index contributed by atoms with van der Waals surface area (Å²) in [5, 5.41) is 13.1. The highest BCUT2D eigenvalue weighted by Gasteiger charge is 2.12. The number of hydrogen-bond donors (Lipinski definition) is 2. The average Bonchev–Trinajstić information content (AvgIpc) is 2.94. The van der Waals surface area contributed by atoms with Gasteiger partial charge >= 0.3 is 0 Å². The molecule has 13 heteroatoms. The van der Waals surface area contributed by atoms with Crippen molar-refractivity contribution in [2.75, 3.05) is 22.6 Å². The molecule has 0 aliphatic rings. The maximum Gasteiger partial charge on any atom is 0.191 e. The molecule has 2 heterocycles. The third kappa shape index (κ3) is 10.1. The Morgan fingerprint density at radius 2 is 1.23 bits per heavy atom. The fourth-order valence-electron chi connectivity index (χ4n) is 2.76. The normalized spacial score (nSPS) is 10.8. The molecule has 3 N–H and O–H groups in total. The van der Waals surface area contributed by atoms with Crippen LogP contribution in [0.2, 0.25) is 15.5 Å². The number of nitrogens with two attached hydrogens (primary N) is 1. The molecule has 0 saturated heterocycles. The SMILES string of the molecule is CCCSc1nc(Cl)c(N)c(Nc2ccccc2)n1.CCCSc1nc(Cl)c(N=Nc2ccccc2)c(Cl)n1. The van der Waals surface area contributed by atoms with E-state index in [0.29, 0.717) is 27.5 Å². The number of rotatable bonds is 10. The van der Waals surface area contributed by atoms with Crippen LogP contribution in [0.25, 0.3) is 0 Å². The van der Waals surface area contributed by atoms with E-state index in [-0.39, 0.29) is 21.1 Å². The second-order valence-corrected chi connectivity index (χ2v) is 10.9. The number of nitrogens with one attached hydrogen (secondary N) is 1. The summed E-state index contributed by atoms with van der Waals surface area (Å²) in [6.45, 7) is 4.19.